The maximum Gasteiger partial charge on any atom is 0.272 e. The first-order valence-electron chi connectivity index (χ1n) is 17.1. The number of nitrogens with zero attached hydrogens (tertiary/aromatic N) is 4. The van der Waals surface area contributed by atoms with Crippen LogP contribution in [0.25, 0.3) is 11.2 Å². The van der Waals surface area contributed by atoms with Crippen molar-refractivity contribution in [2.75, 3.05) is 66.8 Å². The van der Waals surface area contributed by atoms with Crippen molar-refractivity contribution in [3.8, 4) is 11.5 Å². The lowest BCUT2D eigenvalue weighted by Crippen LogP contribution is -2.40. The van der Waals surface area contributed by atoms with E-state index in [1.165, 1.54) is 12.7 Å². The molecule has 0 amide bonds. The third-order valence-corrected chi connectivity index (χ3v) is 9.04. The Kier molecular flexibility index (Phi) is 12.8. The maximum atomic E-state index is 11.3. The summed E-state index contributed by atoms with van der Waals surface area (Å²) in [5, 5.41) is 25.1. The zero-order valence-corrected chi connectivity index (χ0v) is 30.0. The summed E-state index contributed by atoms with van der Waals surface area (Å²) < 4.78 is 46.7. The molecule has 5 aromatic rings. The van der Waals surface area contributed by atoms with Gasteiger partial charge < -0.3 is 53.4 Å². The van der Waals surface area contributed by atoms with E-state index in [4.69, 9.17) is 47.9 Å². The summed E-state index contributed by atoms with van der Waals surface area (Å²) in [5.74, 6) is 1.84. The molecule has 6 rings (SSSR count). The average Bonchev–Trinajstić information content (AvgIpc) is 3.78. The molecular weight excluding hydrogens is 688 g/mol. The van der Waals surface area contributed by atoms with Crippen LogP contribution < -0.4 is 14.8 Å². The average molecular weight is 734 g/mol. The van der Waals surface area contributed by atoms with E-state index < -0.39 is 43.2 Å². The molecule has 15 nitrogen and oxygen atoms in total. The molecule has 0 spiro atoms. The van der Waals surface area contributed by atoms with E-state index in [9.17, 15) is 10.2 Å². The van der Waals surface area contributed by atoms with Crippen molar-refractivity contribution >= 4 is 17.0 Å². The van der Waals surface area contributed by atoms with Gasteiger partial charge in [0.25, 0.3) is 6.48 Å². The van der Waals surface area contributed by atoms with Crippen LogP contribution >= 0.6 is 0 Å². The van der Waals surface area contributed by atoms with Gasteiger partial charge >= 0.3 is 0 Å². The van der Waals surface area contributed by atoms with E-state index in [0.717, 1.165) is 16.7 Å². The Hall–Kier alpha value is -4.71. The second kappa shape index (κ2) is 17.9. The summed E-state index contributed by atoms with van der Waals surface area (Å²) in [6.07, 6.45) is -1.32. The number of fused-ring (bicyclic) bond motifs is 1. The molecule has 3 heterocycles. The first kappa shape index (κ1) is 38.0. The Morgan fingerprint density at radius 1 is 0.792 bits per heavy atom. The van der Waals surface area contributed by atoms with Crippen LogP contribution in [0.3, 0.4) is 0 Å². The summed E-state index contributed by atoms with van der Waals surface area (Å²) >= 11 is 0. The van der Waals surface area contributed by atoms with Gasteiger partial charge in [-0.25, -0.2) is 15.0 Å². The van der Waals surface area contributed by atoms with Gasteiger partial charge in [0.2, 0.25) is 0 Å². The number of aliphatic hydroxyl groups is 2. The van der Waals surface area contributed by atoms with Gasteiger partial charge in [0, 0.05) is 14.2 Å². The number of aliphatic hydroxyl groups excluding tert-OH is 2. The number of methoxy groups -OCH3 is 4. The molecule has 0 aliphatic carbocycles. The lowest BCUT2D eigenvalue weighted by atomic mass is 9.77. The van der Waals surface area contributed by atoms with E-state index >= 15 is 0 Å². The second-order valence-electron chi connectivity index (χ2n) is 12.1. The second-order valence-corrected chi connectivity index (χ2v) is 12.1. The number of hydrogen-bond acceptors (Lipinski definition) is 14. The van der Waals surface area contributed by atoms with Crippen molar-refractivity contribution in [3.05, 3.63) is 108 Å². The zero-order valence-electron chi connectivity index (χ0n) is 30.0. The minimum atomic E-state index is -1.25. The maximum absolute atomic E-state index is 11.3. The van der Waals surface area contributed by atoms with Crippen molar-refractivity contribution in [1.82, 2.24) is 19.5 Å². The SMILES string of the molecule is COCCOC(OCCOC)[18O][C@@H]1[C@H](O)[C@@H](CO)O[C@H]1n1cnc2c(NC(c3ccccc3)(c3ccc(OC)cc3)c3ccc(OC)cc3)ncnc21. The van der Waals surface area contributed by atoms with Gasteiger partial charge in [-0.3, -0.25) is 4.57 Å². The van der Waals surface area contributed by atoms with Gasteiger partial charge in [0.05, 0.1) is 53.6 Å². The number of imidazole rings is 1. The molecule has 0 unspecified atom stereocenters. The van der Waals surface area contributed by atoms with Crippen LogP contribution in [-0.2, 0) is 34.0 Å². The molecule has 3 aromatic carbocycles. The van der Waals surface area contributed by atoms with E-state index in [-0.39, 0.29) is 26.4 Å². The number of nitrogens with one attached hydrogen (secondary N) is 1. The molecule has 0 radical (unpaired) electrons. The van der Waals surface area contributed by atoms with Gasteiger partial charge in [-0.05, 0) is 41.0 Å². The Balaban J connectivity index is 1.43. The summed E-state index contributed by atoms with van der Waals surface area (Å²) in [6.45, 7) is -0.770. The van der Waals surface area contributed by atoms with Gasteiger partial charge in [0.1, 0.15) is 41.7 Å². The third kappa shape index (κ3) is 8.12. The zero-order chi connectivity index (χ0) is 37.2. The smallest absolute Gasteiger partial charge is 0.272 e. The quantitative estimate of drug-likeness (QED) is 0.0488. The predicted molar refractivity (Wildman–Crippen MR) is 193 cm³/mol. The number of rotatable bonds is 19. The number of benzene rings is 3. The van der Waals surface area contributed by atoms with Crippen molar-refractivity contribution in [1.29, 1.82) is 0 Å². The van der Waals surface area contributed by atoms with E-state index in [2.05, 4.69) is 10.3 Å². The highest BCUT2D eigenvalue weighted by Gasteiger charge is 2.47. The summed E-state index contributed by atoms with van der Waals surface area (Å²) in [6, 6.07) is 25.7. The fraction of sp³-hybridized carbons (Fsp3) is 0.395. The van der Waals surface area contributed by atoms with Gasteiger partial charge in [0.15, 0.2) is 23.2 Å². The molecule has 53 heavy (non-hydrogen) atoms. The molecule has 2 aromatic heterocycles. The molecule has 1 aliphatic rings. The standard InChI is InChI=1S/C38H45N5O10/c1-46-18-20-50-37(51-21-19-47-2)53-33-32(45)30(22-44)52-36(33)43-24-41-31-34(39-23-40-35(31)43)42-38(25-8-6-5-7-9-25,26-10-14-28(48-3)15-11-26)27-12-16-29(49-4)17-13-27/h5-17,23-24,30,32-33,36-37,44-45H,18-22H2,1-4H3,(H,39,40,42)/t30-,32-,33-,36-/m1/s1/i53+2. The van der Waals surface area contributed by atoms with E-state index in [1.54, 1.807) is 33.0 Å². The van der Waals surface area contributed by atoms with Gasteiger partial charge in [-0.1, -0.05) is 54.6 Å². The number of hydrogen-bond donors (Lipinski definition) is 3. The fourth-order valence-electron chi connectivity index (χ4n) is 6.34. The van der Waals surface area contributed by atoms with Gasteiger partial charge in [-0.2, -0.15) is 0 Å². The van der Waals surface area contributed by atoms with Crippen LogP contribution in [0.15, 0.2) is 91.5 Å². The first-order valence-corrected chi connectivity index (χ1v) is 17.1. The van der Waals surface area contributed by atoms with E-state index in [0.29, 0.717) is 28.5 Å². The Morgan fingerprint density at radius 2 is 1.38 bits per heavy atom. The van der Waals surface area contributed by atoms with Crippen molar-refractivity contribution in [2.45, 2.75) is 36.6 Å². The van der Waals surface area contributed by atoms with Crippen LogP contribution in [0, 0.1) is 0 Å². The van der Waals surface area contributed by atoms with Crippen LogP contribution in [0.4, 0.5) is 5.82 Å². The highest BCUT2D eigenvalue weighted by atomic mass is 18.4. The highest BCUT2D eigenvalue weighted by molar-refractivity contribution is 5.84. The Labute approximate surface area is 307 Å². The van der Waals surface area contributed by atoms with Crippen LogP contribution in [0.5, 0.6) is 11.5 Å². The molecule has 0 bridgehead atoms. The largest absolute Gasteiger partial charge is 0.497 e. The predicted octanol–water partition coefficient (Wildman–Crippen LogP) is 3.49. The molecule has 1 saturated heterocycles. The van der Waals surface area contributed by atoms with Crippen LogP contribution in [0.1, 0.15) is 22.9 Å². The molecule has 1 aliphatic heterocycles. The Morgan fingerprint density at radius 3 is 1.92 bits per heavy atom. The number of aromatic nitrogens is 4. The fourth-order valence-corrected chi connectivity index (χ4v) is 6.34. The summed E-state index contributed by atoms with van der Waals surface area (Å²) in [7, 11) is 6.36. The number of ether oxygens (including phenoxy) is 8. The topological polar surface area (TPSA) is 170 Å². The molecule has 1 fully saturated rings. The first-order chi connectivity index (χ1) is 26.0. The summed E-state index contributed by atoms with van der Waals surface area (Å²) in [4.78, 5) is 14.0. The van der Waals surface area contributed by atoms with Crippen LogP contribution in [-0.4, -0.2) is 116 Å². The van der Waals surface area contributed by atoms with Gasteiger partial charge in [-0.15, -0.1) is 0 Å². The number of anilines is 1. The molecule has 282 valence electrons. The van der Waals surface area contributed by atoms with Crippen molar-refractivity contribution in [2.24, 2.45) is 0 Å². The van der Waals surface area contributed by atoms with Crippen LogP contribution in [0.2, 0.25) is 0 Å². The lowest BCUT2D eigenvalue weighted by Gasteiger charge is -2.37. The molecule has 4 atom stereocenters. The third-order valence-electron chi connectivity index (χ3n) is 9.04. The highest BCUT2D eigenvalue weighted by Crippen LogP contribution is 2.42. The molecule has 15 heteroatoms. The van der Waals surface area contributed by atoms with Crippen molar-refractivity contribution < 1.29 is 48.1 Å². The monoisotopic (exact) mass is 733 g/mol. The molecule has 0 saturated carbocycles. The minimum absolute atomic E-state index is 0.160. The molecule has 3 N–H and O–H groups in total. The normalized spacial score (nSPS) is 18.8. The van der Waals surface area contributed by atoms with E-state index in [1.807, 2.05) is 78.9 Å². The summed E-state index contributed by atoms with van der Waals surface area (Å²) in [5.41, 5.74) is 2.53. The lowest BCUT2D eigenvalue weighted by molar-refractivity contribution is -0.321. The minimum Gasteiger partial charge on any atom is -0.497 e. The molecular formula is C38H45N5O10. The Bertz CT molecular complexity index is 1800. The van der Waals surface area contributed by atoms with Crippen molar-refractivity contribution in [3.63, 3.8) is 0 Å².